The van der Waals surface area contributed by atoms with Gasteiger partial charge < -0.3 is 10.2 Å². The minimum absolute atomic E-state index is 0.183. The number of nitrogens with one attached hydrogen (secondary N) is 1. The lowest BCUT2D eigenvalue weighted by atomic mass is 10.2. The third-order valence-electron chi connectivity index (χ3n) is 1.84. The van der Waals surface area contributed by atoms with Gasteiger partial charge in [0.25, 0.3) is 0 Å². The van der Waals surface area contributed by atoms with Crippen LogP contribution < -0.4 is 5.32 Å². The summed E-state index contributed by atoms with van der Waals surface area (Å²) in [6.45, 7) is 0.183. The summed E-state index contributed by atoms with van der Waals surface area (Å²) in [5.41, 5.74) is 0.458. The number of amides is 2. The lowest BCUT2D eigenvalue weighted by Gasteiger charge is -2.12. The molecule has 0 saturated heterocycles. The van der Waals surface area contributed by atoms with E-state index in [9.17, 15) is 9.18 Å². The van der Waals surface area contributed by atoms with E-state index in [-0.39, 0.29) is 18.4 Å². The monoisotopic (exact) mass is 274 g/mol. The Bertz CT molecular complexity index is 368. The van der Waals surface area contributed by atoms with Gasteiger partial charge in [-0.25, -0.2) is 9.18 Å². The van der Waals surface area contributed by atoms with Gasteiger partial charge in [0, 0.05) is 30.7 Å². The van der Waals surface area contributed by atoms with Gasteiger partial charge in [-0.3, -0.25) is 0 Å². The minimum Gasteiger partial charge on any atom is -0.334 e. The molecule has 0 heterocycles. The van der Waals surface area contributed by atoms with Crippen LogP contribution in [-0.2, 0) is 6.54 Å². The van der Waals surface area contributed by atoms with E-state index in [1.165, 1.54) is 11.0 Å². The number of hydrogen-bond donors (Lipinski definition) is 1. The molecule has 0 saturated carbocycles. The molecule has 0 aromatic heterocycles. The highest BCUT2D eigenvalue weighted by Gasteiger charge is 2.06. The van der Waals surface area contributed by atoms with Gasteiger partial charge in [0.15, 0.2) is 0 Å². The minimum atomic E-state index is -0.322. The van der Waals surface area contributed by atoms with Gasteiger partial charge in [-0.15, -0.1) is 0 Å². The molecule has 0 bridgehead atoms. The SMILES string of the molecule is CN(C)C(=O)NCc1cc(Br)ccc1F. The number of nitrogens with zero attached hydrogens (tertiary/aromatic N) is 1. The van der Waals surface area contributed by atoms with Crippen LogP contribution in [0.3, 0.4) is 0 Å². The molecule has 0 unspecified atom stereocenters. The van der Waals surface area contributed by atoms with E-state index in [0.29, 0.717) is 5.56 Å². The second kappa shape index (κ2) is 5.11. The van der Waals surface area contributed by atoms with Crippen molar-refractivity contribution in [1.82, 2.24) is 10.2 Å². The Morgan fingerprint density at radius 1 is 1.53 bits per heavy atom. The summed E-state index contributed by atoms with van der Waals surface area (Å²) in [6.07, 6.45) is 0. The van der Waals surface area contributed by atoms with Crippen molar-refractivity contribution in [2.45, 2.75) is 6.54 Å². The van der Waals surface area contributed by atoms with Gasteiger partial charge in [-0.05, 0) is 18.2 Å². The first-order valence-electron chi connectivity index (χ1n) is 4.40. The van der Waals surface area contributed by atoms with Crippen molar-refractivity contribution in [3.63, 3.8) is 0 Å². The van der Waals surface area contributed by atoms with Crippen LogP contribution >= 0.6 is 15.9 Å². The second-order valence-corrected chi connectivity index (χ2v) is 4.20. The van der Waals surface area contributed by atoms with Crippen molar-refractivity contribution in [3.8, 4) is 0 Å². The van der Waals surface area contributed by atoms with Crippen LogP contribution in [0.5, 0.6) is 0 Å². The van der Waals surface area contributed by atoms with E-state index in [1.54, 1.807) is 26.2 Å². The zero-order chi connectivity index (χ0) is 11.4. The molecule has 0 fully saturated rings. The Balaban J connectivity index is 2.65. The lowest BCUT2D eigenvalue weighted by Crippen LogP contribution is -2.34. The molecule has 0 aliphatic carbocycles. The maximum Gasteiger partial charge on any atom is 0.317 e. The first-order chi connectivity index (χ1) is 7.00. The molecular weight excluding hydrogens is 263 g/mol. The Hall–Kier alpha value is -1.10. The van der Waals surface area contributed by atoms with Crippen molar-refractivity contribution in [1.29, 1.82) is 0 Å². The Morgan fingerprint density at radius 2 is 2.20 bits per heavy atom. The van der Waals surface area contributed by atoms with Crippen LogP contribution in [0.15, 0.2) is 22.7 Å². The quantitative estimate of drug-likeness (QED) is 0.882. The third-order valence-corrected chi connectivity index (χ3v) is 2.34. The van der Waals surface area contributed by atoms with Crippen molar-refractivity contribution in [2.75, 3.05) is 14.1 Å². The van der Waals surface area contributed by atoms with E-state index in [1.807, 2.05) is 0 Å². The molecule has 0 aliphatic heterocycles. The molecule has 3 nitrogen and oxygen atoms in total. The third kappa shape index (κ3) is 3.51. The summed E-state index contributed by atoms with van der Waals surface area (Å²) in [4.78, 5) is 12.6. The largest absolute Gasteiger partial charge is 0.334 e. The fraction of sp³-hybridized carbons (Fsp3) is 0.300. The van der Waals surface area contributed by atoms with Crippen molar-refractivity contribution in [3.05, 3.63) is 34.1 Å². The van der Waals surface area contributed by atoms with Crippen LogP contribution in [0.2, 0.25) is 0 Å². The first-order valence-corrected chi connectivity index (χ1v) is 5.19. The van der Waals surface area contributed by atoms with E-state index in [2.05, 4.69) is 21.2 Å². The maximum atomic E-state index is 13.2. The smallest absolute Gasteiger partial charge is 0.317 e. The summed E-state index contributed by atoms with van der Waals surface area (Å²) in [5, 5.41) is 2.59. The number of hydrogen-bond acceptors (Lipinski definition) is 1. The number of carbonyl (C=O) groups is 1. The molecule has 2 amide bonds. The molecule has 5 heteroatoms. The van der Waals surface area contributed by atoms with E-state index in [0.717, 1.165) is 4.47 Å². The lowest BCUT2D eigenvalue weighted by molar-refractivity contribution is 0.217. The zero-order valence-electron chi connectivity index (χ0n) is 8.55. The van der Waals surface area contributed by atoms with Gasteiger partial charge in [0.05, 0.1) is 0 Å². The first kappa shape index (κ1) is 12.0. The summed E-state index contributed by atoms with van der Waals surface area (Å²) in [5.74, 6) is -0.322. The molecule has 1 rings (SSSR count). The van der Waals surface area contributed by atoms with Gasteiger partial charge in [-0.2, -0.15) is 0 Å². The van der Waals surface area contributed by atoms with Crippen molar-refractivity contribution < 1.29 is 9.18 Å². The fourth-order valence-corrected chi connectivity index (χ4v) is 1.42. The van der Waals surface area contributed by atoms with Crippen LogP contribution in [0.1, 0.15) is 5.56 Å². The molecule has 0 aliphatic rings. The summed E-state index contributed by atoms with van der Waals surface area (Å²) < 4.78 is 14.0. The number of urea groups is 1. The molecule has 0 atom stereocenters. The highest BCUT2D eigenvalue weighted by atomic mass is 79.9. The normalized spacial score (nSPS) is 9.87. The molecule has 1 aromatic rings. The zero-order valence-corrected chi connectivity index (χ0v) is 10.1. The molecule has 1 N–H and O–H groups in total. The maximum absolute atomic E-state index is 13.2. The van der Waals surface area contributed by atoms with E-state index >= 15 is 0 Å². The number of halogens is 2. The number of benzene rings is 1. The molecular formula is C10H12BrFN2O. The molecule has 1 aromatic carbocycles. The highest BCUT2D eigenvalue weighted by Crippen LogP contribution is 2.15. The Morgan fingerprint density at radius 3 is 2.80 bits per heavy atom. The van der Waals surface area contributed by atoms with Crippen LogP contribution in [0.25, 0.3) is 0 Å². The Kier molecular flexibility index (Phi) is 4.08. The standard InChI is InChI=1S/C10H12BrFN2O/c1-14(2)10(15)13-6-7-5-8(11)3-4-9(7)12/h3-5H,6H2,1-2H3,(H,13,15). The average molecular weight is 275 g/mol. The summed E-state index contributed by atoms with van der Waals surface area (Å²) in [6, 6.07) is 4.38. The van der Waals surface area contributed by atoms with Gasteiger partial charge >= 0.3 is 6.03 Å². The summed E-state index contributed by atoms with van der Waals surface area (Å²) >= 11 is 3.24. The summed E-state index contributed by atoms with van der Waals surface area (Å²) in [7, 11) is 3.26. The van der Waals surface area contributed by atoms with Crippen LogP contribution in [-0.4, -0.2) is 25.0 Å². The predicted octanol–water partition coefficient (Wildman–Crippen LogP) is 2.36. The topological polar surface area (TPSA) is 32.3 Å². The number of rotatable bonds is 2. The van der Waals surface area contributed by atoms with Gasteiger partial charge in [0.2, 0.25) is 0 Å². The van der Waals surface area contributed by atoms with Crippen LogP contribution in [0.4, 0.5) is 9.18 Å². The predicted molar refractivity (Wildman–Crippen MR) is 60.0 cm³/mol. The Labute approximate surface area is 96.4 Å². The molecule has 0 radical (unpaired) electrons. The van der Waals surface area contributed by atoms with E-state index < -0.39 is 0 Å². The molecule has 15 heavy (non-hydrogen) atoms. The molecule has 0 spiro atoms. The van der Waals surface area contributed by atoms with Gasteiger partial charge in [-0.1, -0.05) is 15.9 Å². The fourth-order valence-electron chi connectivity index (χ4n) is 1.01. The van der Waals surface area contributed by atoms with Gasteiger partial charge in [0.1, 0.15) is 5.82 Å². The number of carbonyl (C=O) groups excluding carboxylic acids is 1. The highest BCUT2D eigenvalue weighted by molar-refractivity contribution is 9.10. The second-order valence-electron chi connectivity index (χ2n) is 3.29. The van der Waals surface area contributed by atoms with Crippen molar-refractivity contribution >= 4 is 22.0 Å². The van der Waals surface area contributed by atoms with Crippen LogP contribution in [0, 0.1) is 5.82 Å². The van der Waals surface area contributed by atoms with Crippen molar-refractivity contribution in [2.24, 2.45) is 0 Å². The average Bonchev–Trinajstić information content (AvgIpc) is 2.18. The molecule has 82 valence electrons. The van der Waals surface area contributed by atoms with E-state index in [4.69, 9.17) is 0 Å².